The van der Waals surface area contributed by atoms with Crippen LogP contribution in [0, 0.1) is 0 Å². The Morgan fingerprint density at radius 3 is 2.85 bits per heavy atom. The lowest BCUT2D eigenvalue weighted by Gasteiger charge is -2.17. The third kappa shape index (κ3) is 3.77. The maximum atomic E-state index is 12.1. The van der Waals surface area contributed by atoms with Gasteiger partial charge in [-0.1, -0.05) is 36.0 Å². The van der Waals surface area contributed by atoms with E-state index in [9.17, 15) is 14.4 Å². The van der Waals surface area contributed by atoms with Crippen LogP contribution in [0.25, 0.3) is 0 Å². The van der Waals surface area contributed by atoms with Crippen LogP contribution in [0.3, 0.4) is 0 Å². The van der Waals surface area contributed by atoms with Gasteiger partial charge >= 0.3 is 5.69 Å². The average Bonchev–Trinajstić information content (AvgIpc) is 2.66. The second kappa shape index (κ2) is 7.69. The van der Waals surface area contributed by atoms with E-state index in [4.69, 9.17) is 0 Å². The Hall–Kier alpha value is -2.68. The molecule has 3 rings (SSSR count). The smallest absolute Gasteiger partial charge is 0.272 e. The summed E-state index contributed by atoms with van der Waals surface area (Å²) in [5.74, 6) is -0.345. The number of nitrogens with zero attached hydrogens (tertiary/aromatic N) is 4. The van der Waals surface area contributed by atoms with Gasteiger partial charge in [0.2, 0.25) is 5.91 Å². The van der Waals surface area contributed by atoms with Gasteiger partial charge in [0, 0.05) is 19.7 Å². The van der Waals surface area contributed by atoms with Crippen LogP contribution in [0.15, 0.2) is 44.0 Å². The largest absolute Gasteiger partial charge is 0.346 e. The summed E-state index contributed by atoms with van der Waals surface area (Å²) in [5, 5.41) is 8.25. The van der Waals surface area contributed by atoms with E-state index < -0.39 is 11.2 Å². The van der Waals surface area contributed by atoms with Crippen molar-refractivity contribution < 1.29 is 4.79 Å². The highest BCUT2D eigenvalue weighted by molar-refractivity contribution is 7.99. The van der Waals surface area contributed by atoms with Crippen LogP contribution in [0.2, 0.25) is 0 Å². The van der Waals surface area contributed by atoms with Gasteiger partial charge in [0.15, 0.2) is 5.03 Å². The Kier molecular flexibility index (Phi) is 5.36. The van der Waals surface area contributed by atoms with E-state index in [1.165, 1.54) is 19.7 Å². The number of nitrogens with one attached hydrogen (secondary N) is 1. The highest BCUT2D eigenvalue weighted by Crippen LogP contribution is 2.21. The van der Waals surface area contributed by atoms with Crippen molar-refractivity contribution in [1.82, 2.24) is 19.8 Å². The van der Waals surface area contributed by atoms with E-state index in [2.05, 4.69) is 21.7 Å². The molecule has 0 bridgehead atoms. The van der Waals surface area contributed by atoms with Crippen LogP contribution in [0.4, 0.5) is 0 Å². The van der Waals surface area contributed by atoms with Crippen molar-refractivity contribution in [3.63, 3.8) is 0 Å². The van der Waals surface area contributed by atoms with E-state index >= 15 is 0 Å². The Morgan fingerprint density at radius 2 is 2.04 bits per heavy atom. The summed E-state index contributed by atoms with van der Waals surface area (Å²) in [5.41, 5.74) is 4.69. The number of thioether (sulfide) groups is 1. The summed E-state index contributed by atoms with van der Waals surface area (Å²) < 4.78 is 2.03. The third-order valence-electron chi connectivity index (χ3n) is 4.14. The van der Waals surface area contributed by atoms with E-state index in [1.54, 1.807) is 0 Å². The molecule has 0 aliphatic heterocycles. The normalized spacial score (nSPS) is 14.9. The van der Waals surface area contributed by atoms with Crippen LogP contribution in [-0.2, 0) is 25.3 Å². The highest BCUT2D eigenvalue weighted by Gasteiger charge is 2.16. The summed E-state index contributed by atoms with van der Waals surface area (Å²) in [6, 6.07) is 8.03. The molecule has 0 saturated carbocycles. The molecule has 0 unspecified atom stereocenters. The predicted molar refractivity (Wildman–Crippen MR) is 99.5 cm³/mol. The molecule has 0 atom stereocenters. The summed E-state index contributed by atoms with van der Waals surface area (Å²) >= 11 is 0.979. The number of hydrogen-bond acceptors (Lipinski definition) is 6. The minimum absolute atomic E-state index is 0.0150. The van der Waals surface area contributed by atoms with Crippen molar-refractivity contribution in [3.05, 3.63) is 56.2 Å². The number of benzene rings is 1. The zero-order chi connectivity index (χ0) is 18.7. The van der Waals surface area contributed by atoms with Crippen molar-refractivity contribution in [3.8, 4) is 0 Å². The summed E-state index contributed by atoms with van der Waals surface area (Å²) in [4.78, 5) is 35.7. The van der Waals surface area contributed by atoms with Crippen LogP contribution in [0.5, 0.6) is 0 Å². The van der Waals surface area contributed by atoms with Crippen LogP contribution in [-0.4, -0.2) is 31.7 Å². The number of carbonyl (C=O) groups is 1. The predicted octanol–water partition coefficient (Wildman–Crippen LogP) is 0.428. The third-order valence-corrected chi connectivity index (χ3v) is 5.07. The topological polar surface area (TPSA) is 98.3 Å². The first kappa shape index (κ1) is 18.1. The summed E-state index contributed by atoms with van der Waals surface area (Å²) in [6.07, 6.45) is 2.83. The quantitative estimate of drug-likeness (QED) is 0.619. The molecule has 0 saturated heterocycles. The van der Waals surface area contributed by atoms with Crippen molar-refractivity contribution >= 4 is 23.4 Å². The number of aromatic nitrogens is 3. The van der Waals surface area contributed by atoms with E-state index in [0.29, 0.717) is 0 Å². The number of hydrazone groups is 1. The lowest BCUT2D eigenvalue weighted by molar-refractivity contribution is -0.118. The van der Waals surface area contributed by atoms with Crippen LogP contribution >= 0.6 is 11.8 Å². The number of hydrogen-bond donors (Lipinski definition) is 1. The van der Waals surface area contributed by atoms with Gasteiger partial charge in [0.1, 0.15) is 0 Å². The molecule has 8 nitrogen and oxygen atoms in total. The molecule has 1 aromatic heterocycles. The SMILES string of the molecule is Cn1nc(SCC(=O)N/N=C2/CCCc3ccccc32)c(=O)n(C)c1=O. The number of fused-ring (bicyclic) bond motifs is 1. The molecule has 0 radical (unpaired) electrons. The van der Waals surface area contributed by atoms with E-state index in [0.717, 1.165) is 51.5 Å². The van der Waals surface area contributed by atoms with Gasteiger partial charge in [-0.15, -0.1) is 0 Å². The van der Waals surface area contributed by atoms with Crippen LogP contribution < -0.4 is 16.7 Å². The Balaban J connectivity index is 1.66. The molecule has 2 aromatic rings. The fourth-order valence-corrected chi connectivity index (χ4v) is 3.55. The van der Waals surface area contributed by atoms with Crippen molar-refractivity contribution in [1.29, 1.82) is 0 Å². The van der Waals surface area contributed by atoms with Gasteiger partial charge < -0.3 is 0 Å². The molecule has 1 aliphatic carbocycles. The average molecular weight is 373 g/mol. The van der Waals surface area contributed by atoms with Crippen molar-refractivity contribution in [2.24, 2.45) is 19.2 Å². The van der Waals surface area contributed by atoms with Gasteiger partial charge in [0.05, 0.1) is 11.5 Å². The lowest BCUT2D eigenvalue weighted by Crippen LogP contribution is -2.39. The Bertz CT molecular complexity index is 993. The number of amides is 1. The molecule has 26 heavy (non-hydrogen) atoms. The first-order valence-corrected chi connectivity index (χ1v) is 9.16. The fraction of sp³-hybridized carbons (Fsp3) is 0.353. The molecular formula is C17H19N5O3S. The van der Waals surface area contributed by atoms with Crippen LogP contribution in [0.1, 0.15) is 24.0 Å². The molecule has 136 valence electrons. The molecule has 1 aliphatic rings. The Labute approximate surface area is 153 Å². The molecule has 1 amide bonds. The minimum Gasteiger partial charge on any atom is -0.272 e. The number of aryl methyl sites for hydroxylation is 2. The first-order valence-electron chi connectivity index (χ1n) is 8.18. The summed E-state index contributed by atoms with van der Waals surface area (Å²) in [6.45, 7) is 0. The summed E-state index contributed by atoms with van der Waals surface area (Å²) in [7, 11) is 2.83. The molecule has 0 fully saturated rings. The van der Waals surface area contributed by atoms with Crippen molar-refractivity contribution in [2.45, 2.75) is 24.3 Å². The minimum atomic E-state index is -0.515. The van der Waals surface area contributed by atoms with Crippen molar-refractivity contribution in [2.75, 3.05) is 5.75 Å². The zero-order valence-corrected chi connectivity index (χ0v) is 15.4. The van der Waals surface area contributed by atoms with Gasteiger partial charge in [-0.25, -0.2) is 14.9 Å². The second-order valence-electron chi connectivity index (χ2n) is 5.97. The van der Waals surface area contributed by atoms with E-state index in [1.807, 2.05) is 18.2 Å². The zero-order valence-electron chi connectivity index (χ0n) is 14.6. The lowest BCUT2D eigenvalue weighted by atomic mass is 9.90. The number of carbonyl (C=O) groups excluding carboxylic acids is 1. The second-order valence-corrected chi connectivity index (χ2v) is 6.93. The van der Waals surface area contributed by atoms with E-state index in [-0.39, 0.29) is 16.7 Å². The molecule has 1 aromatic carbocycles. The van der Waals surface area contributed by atoms with Gasteiger partial charge in [-0.3, -0.25) is 14.2 Å². The Morgan fingerprint density at radius 1 is 1.27 bits per heavy atom. The molecule has 0 spiro atoms. The van der Waals surface area contributed by atoms with Gasteiger partial charge in [0.25, 0.3) is 5.56 Å². The first-order chi connectivity index (χ1) is 12.5. The maximum absolute atomic E-state index is 12.1. The maximum Gasteiger partial charge on any atom is 0.346 e. The number of rotatable bonds is 4. The molecule has 1 N–H and O–H groups in total. The molecule has 9 heteroatoms. The van der Waals surface area contributed by atoms with Gasteiger partial charge in [-0.2, -0.15) is 10.2 Å². The van der Waals surface area contributed by atoms with Gasteiger partial charge in [-0.05, 0) is 24.8 Å². The highest BCUT2D eigenvalue weighted by atomic mass is 32.2. The molecule has 1 heterocycles. The standard InChI is InChI=1S/C17H19N5O3S/c1-21-16(24)15(20-22(2)17(21)25)26-10-14(23)19-18-13-9-5-7-11-6-3-4-8-12(11)13/h3-4,6,8H,5,7,9-10H2,1-2H3,(H,19,23)/b18-13-. The fourth-order valence-electron chi connectivity index (χ4n) is 2.77. The monoisotopic (exact) mass is 373 g/mol. The molecular weight excluding hydrogens is 354 g/mol.